The molecule has 26 heavy (non-hydrogen) atoms. The second kappa shape index (κ2) is 6.84. The van der Waals surface area contributed by atoms with E-state index in [0.717, 1.165) is 0 Å². The van der Waals surface area contributed by atoms with Gasteiger partial charge in [0.25, 0.3) is 0 Å². The van der Waals surface area contributed by atoms with Gasteiger partial charge < -0.3 is 14.2 Å². The zero-order chi connectivity index (χ0) is 18.8. The number of carbonyl (C=O) groups is 3. The van der Waals surface area contributed by atoms with Gasteiger partial charge in [0.05, 0.1) is 28.4 Å². The average Bonchev–Trinajstić information content (AvgIpc) is 3.00. The van der Waals surface area contributed by atoms with Crippen molar-refractivity contribution in [3.63, 3.8) is 0 Å². The minimum absolute atomic E-state index is 0.0523. The summed E-state index contributed by atoms with van der Waals surface area (Å²) in [6, 6.07) is 12.9. The van der Waals surface area contributed by atoms with Crippen LogP contribution in [0, 0.1) is 0 Å². The first kappa shape index (κ1) is 17.4. The third-order valence-corrected chi connectivity index (χ3v) is 3.85. The van der Waals surface area contributed by atoms with E-state index in [-0.39, 0.29) is 34.2 Å². The molecule has 0 aliphatic carbocycles. The van der Waals surface area contributed by atoms with Crippen LogP contribution in [0.1, 0.15) is 50.6 Å². The summed E-state index contributed by atoms with van der Waals surface area (Å²) in [6.45, 7) is 3.46. The van der Waals surface area contributed by atoms with Gasteiger partial charge in [-0.25, -0.2) is 9.59 Å². The number of ether oxygens (including phenoxy) is 1. The lowest BCUT2D eigenvalue weighted by Crippen LogP contribution is -2.12. The smallest absolute Gasteiger partial charge is 0.338 e. The topological polar surface area (TPSA) is 85.1 Å². The fourth-order valence-corrected chi connectivity index (χ4v) is 2.69. The number of hydrogen-bond acceptors (Lipinski definition) is 4. The first-order valence-electron chi connectivity index (χ1n) is 8.07. The van der Waals surface area contributed by atoms with E-state index in [1.54, 1.807) is 44.2 Å². The molecule has 0 fully saturated rings. The van der Waals surface area contributed by atoms with Crippen LogP contribution in [0.3, 0.4) is 0 Å². The summed E-state index contributed by atoms with van der Waals surface area (Å²) in [7, 11) is 0. The molecule has 3 rings (SSSR count). The Labute approximate surface area is 149 Å². The van der Waals surface area contributed by atoms with E-state index < -0.39 is 11.9 Å². The molecule has 2 aromatic heterocycles. The number of esters is 1. The number of carboxylic acids is 1. The number of carbonyl (C=O) groups excluding carboxylic acids is 2. The van der Waals surface area contributed by atoms with Crippen molar-refractivity contribution in [2.45, 2.75) is 20.0 Å². The normalized spacial score (nSPS) is 10.9. The summed E-state index contributed by atoms with van der Waals surface area (Å²) in [5.41, 5.74) is 1.10. The minimum Gasteiger partial charge on any atom is -0.478 e. The highest BCUT2D eigenvalue weighted by Crippen LogP contribution is 2.22. The van der Waals surface area contributed by atoms with Crippen LogP contribution in [0.4, 0.5) is 0 Å². The average molecular weight is 351 g/mol. The van der Waals surface area contributed by atoms with Gasteiger partial charge in [-0.2, -0.15) is 0 Å². The van der Waals surface area contributed by atoms with Crippen molar-refractivity contribution in [1.29, 1.82) is 0 Å². The lowest BCUT2D eigenvalue weighted by molar-refractivity contribution is 0.0377. The molecule has 0 spiro atoms. The van der Waals surface area contributed by atoms with E-state index in [9.17, 15) is 19.5 Å². The molecule has 6 heteroatoms. The highest BCUT2D eigenvalue weighted by Gasteiger charge is 2.21. The molecule has 3 aromatic rings. The second-order valence-corrected chi connectivity index (χ2v) is 6.07. The van der Waals surface area contributed by atoms with E-state index in [1.807, 2.05) is 0 Å². The number of fused-ring (bicyclic) bond motifs is 1. The van der Waals surface area contributed by atoms with Crippen molar-refractivity contribution in [3.05, 3.63) is 77.1 Å². The molecule has 1 aromatic carbocycles. The van der Waals surface area contributed by atoms with Crippen molar-refractivity contribution in [2.75, 3.05) is 0 Å². The monoisotopic (exact) mass is 351 g/mol. The van der Waals surface area contributed by atoms with Crippen molar-refractivity contribution >= 4 is 23.2 Å². The van der Waals surface area contributed by atoms with Gasteiger partial charge in [0.2, 0.25) is 5.78 Å². The summed E-state index contributed by atoms with van der Waals surface area (Å²) < 4.78 is 6.62. The van der Waals surface area contributed by atoms with Gasteiger partial charge in [-0.1, -0.05) is 30.3 Å². The predicted octanol–water partition coefficient (Wildman–Crippen LogP) is 3.43. The molecule has 0 atom stereocenters. The van der Waals surface area contributed by atoms with Gasteiger partial charge in [-0.15, -0.1) is 0 Å². The van der Waals surface area contributed by atoms with E-state index >= 15 is 0 Å². The summed E-state index contributed by atoms with van der Waals surface area (Å²) >= 11 is 0. The highest BCUT2D eigenvalue weighted by atomic mass is 16.5. The third kappa shape index (κ3) is 3.21. The van der Waals surface area contributed by atoms with E-state index in [2.05, 4.69) is 0 Å². The fourth-order valence-electron chi connectivity index (χ4n) is 2.69. The summed E-state index contributed by atoms with van der Waals surface area (Å²) in [5.74, 6) is -2.02. The quantitative estimate of drug-likeness (QED) is 0.562. The first-order valence-corrected chi connectivity index (χ1v) is 8.07. The van der Waals surface area contributed by atoms with E-state index in [4.69, 9.17) is 4.74 Å². The summed E-state index contributed by atoms with van der Waals surface area (Å²) in [5, 5.41) is 9.48. The summed E-state index contributed by atoms with van der Waals surface area (Å²) in [6.07, 6.45) is 1.22. The zero-order valence-corrected chi connectivity index (χ0v) is 14.3. The molecule has 0 bridgehead atoms. The Morgan fingerprint density at radius 2 is 1.69 bits per heavy atom. The lowest BCUT2D eigenvalue weighted by atomic mass is 10.1. The molecule has 0 saturated carbocycles. The minimum atomic E-state index is -1.18. The first-order chi connectivity index (χ1) is 12.4. The number of aromatic carboxylic acids is 1. The van der Waals surface area contributed by atoms with Crippen LogP contribution in [0.5, 0.6) is 0 Å². The molecule has 0 aliphatic rings. The predicted molar refractivity (Wildman–Crippen MR) is 94.8 cm³/mol. The van der Waals surface area contributed by atoms with Gasteiger partial charge in [0.1, 0.15) is 0 Å². The van der Waals surface area contributed by atoms with E-state index in [0.29, 0.717) is 5.56 Å². The van der Waals surface area contributed by atoms with Crippen molar-refractivity contribution in [3.8, 4) is 0 Å². The largest absolute Gasteiger partial charge is 0.478 e. The summed E-state index contributed by atoms with van der Waals surface area (Å²) in [4.78, 5) is 36.5. The maximum Gasteiger partial charge on any atom is 0.338 e. The van der Waals surface area contributed by atoms with Crippen LogP contribution < -0.4 is 0 Å². The fraction of sp³-hybridized carbons (Fsp3) is 0.150. The van der Waals surface area contributed by atoms with Crippen LogP contribution in [-0.2, 0) is 4.74 Å². The van der Waals surface area contributed by atoms with Gasteiger partial charge in [-0.05, 0) is 32.0 Å². The van der Waals surface area contributed by atoms with Gasteiger partial charge >= 0.3 is 11.9 Å². The lowest BCUT2D eigenvalue weighted by Gasteiger charge is -2.09. The van der Waals surface area contributed by atoms with Crippen molar-refractivity contribution in [2.24, 2.45) is 0 Å². The maximum atomic E-state index is 12.8. The Morgan fingerprint density at radius 1 is 1.00 bits per heavy atom. The van der Waals surface area contributed by atoms with Crippen LogP contribution in [0.2, 0.25) is 0 Å². The van der Waals surface area contributed by atoms with Gasteiger partial charge in [-0.3, -0.25) is 4.79 Å². The van der Waals surface area contributed by atoms with E-state index in [1.165, 1.54) is 28.8 Å². The molecule has 0 aliphatic heterocycles. The Balaban J connectivity index is 2.13. The van der Waals surface area contributed by atoms with Crippen LogP contribution in [0.15, 0.2) is 54.7 Å². The molecular formula is C20H17NO5. The number of pyridine rings is 1. The molecule has 0 radical (unpaired) electrons. The second-order valence-electron chi connectivity index (χ2n) is 6.07. The maximum absolute atomic E-state index is 12.8. The highest BCUT2D eigenvalue weighted by molar-refractivity contribution is 6.11. The van der Waals surface area contributed by atoms with Crippen molar-refractivity contribution in [1.82, 2.24) is 4.40 Å². The van der Waals surface area contributed by atoms with Crippen LogP contribution in [-0.4, -0.2) is 33.3 Å². The molecule has 132 valence electrons. The van der Waals surface area contributed by atoms with Crippen LogP contribution in [0.25, 0.3) is 5.52 Å². The Kier molecular flexibility index (Phi) is 4.58. The van der Waals surface area contributed by atoms with Gasteiger partial charge in [0.15, 0.2) is 0 Å². The van der Waals surface area contributed by atoms with Crippen LogP contribution >= 0.6 is 0 Å². The standard InChI is InChI=1S/C20H17NO5/c1-12(2)26-20(25)14-8-9-21-16(10-14)15(19(23)24)11-17(21)18(22)13-6-4-3-5-7-13/h3-12H,1-2H3,(H,23,24). The number of carboxylic acid groups (broad SMARTS) is 1. The molecule has 0 saturated heterocycles. The number of hydrogen-bond donors (Lipinski definition) is 1. The Bertz CT molecular complexity index is 1000. The Morgan fingerprint density at radius 3 is 2.31 bits per heavy atom. The molecule has 6 nitrogen and oxygen atoms in total. The molecule has 1 N–H and O–H groups in total. The molecule has 2 heterocycles. The number of nitrogens with zero attached hydrogens (tertiary/aromatic N) is 1. The van der Waals surface area contributed by atoms with Crippen molar-refractivity contribution < 1.29 is 24.2 Å². The molecule has 0 amide bonds. The third-order valence-electron chi connectivity index (χ3n) is 3.85. The molecule has 0 unspecified atom stereocenters. The zero-order valence-electron chi connectivity index (χ0n) is 14.3. The number of rotatable bonds is 5. The SMILES string of the molecule is CC(C)OC(=O)c1ccn2c(C(=O)c3ccccc3)cc(C(=O)O)c2c1. The number of aromatic nitrogens is 1. The number of ketones is 1. The van der Waals surface area contributed by atoms with Gasteiger partial charge in [0, 0.05) is 11.8 Å². The number of benzene rings is 1. The Hall–Kier alpha value is -3.41. The molecular weight excluding hydrogens is 334 g/mol.